The van der Waals surface area contributed by atoms with Gasteiger partial charge in [-0.1, -0.05) is 0 Å². The fraction of sp³-hybridized carbons (Fsp3) is 0.833. The summed E-state index contributed by atoms with van der Waals surface area (Å²) in [6.07, 6.45) is 1.20. The molecule has 2 aliphatic rings. The summed E-state index contributed by atoms with van der Waals surface area (Å²) in [4.78, 5) is 40.5. The molecule has 148 valence electrons. The minimum Gasteiger partial charge on any atom is -0.480 e. The van der Waals surface area contributed by atoms with E-state index in [2.05, 4.69) is 10.2 Å². The highest BCUT2D eigenvalue weighted by Gasteiger charge is 2.45. The number of nitrogens with one attached hydrogen (secondary N) is 1. The van der Waals surface area contributed by atoms with E-state index in [1.54, 1.807) is 20.8 Å². The zero-order valence-corrected chi connectivity index (χ0v) is 16.3. The Labute approximate surface area is 154 Å². The molecule has 0 spiro atoms. The number of carbonyl (C=O) groups excluding carboxylic acids is 2. The summed E-state index contributed by atoms with van der Waals surface area (Å²) in [6, 6.07) is -1.53. The van der Waals surface area contributed by atoms with Crippen LogP contribution in [0.15, 0.2) is 0 Å². The highest BCUT2D eigenvalue weighted by Crippen LogP contribution is 2.29. The molecule has 2 heterocycles. The zero-order valence-electron chi connectivity index (χ0n) is 16.3. The van der Waals surface area contributed by atoms with Crippen LogP contribution in [0.1, 0.15) is 53.9 Å². The Bertz CT molecular complexity index is 558. The van der Waals surface area contributed by atoms with Gasteiger partial charge in [-0.05, 0) is 53.9 Å². The Morgan fingerprint density at radius 2 is 1.88 bits per heavy atom. The van der Waals surface area contributed by atoms with Crippen LogP contribution in [-0.4, -0.2) is 75.7 Å². The highest BCUT2D eigenvalue weighted by molar-refractivity contribution is 5.90. The summed E-state index contributed by atoms with van der Waals surface area (Å²) in [7, 11) is 0. The first-order valence-corrected chi connectivity index (χ1v) is 9.28. The van der Waals surface area contributed by atoms with Gasteiger partial charge in [0.25, 0.3) is 0 Å². The van der Waals surface area contributed by atoms with Crippen molar-refractivity contribution in [3.63, 3.8) is 0 Å². The molecule has 0 aromatic heterocycles. The van der Waals surface area contributed by atoms with Crippen LogP contribution in [0.4, 0.5) is 4.79 Å². The number of carboxylic acid groups (broad SMARTS) is 1. The molecule has 2 amide bonds. The number of aliphatic carboxylic acids is 1. The standard InChI is InChI=1S/C18H31N3O5/c1-11(2)20-9-8-12-6-7-14(16(23)24)21(12)15(22)13(10-20)19-17(25)26-18(3,4)5/h11-14H,6-10H2,1-5H3,(H,19,25)(H,23,24)/t12-,13+,14+/m1/s1. The van der Waals surface area contributed by atoms with Crippen LogP contribution in [-0.2, 0) is 14.3 Å². The molecular weight excluding hydrogens is 338 g/mol. The quantitative estimate of drug-likeness (QED) is 0.781. The molecule has 2 aliphatic heterocycles. The van der Waals surface area contributed by atoms with E-state index in [1.165, 1.54) is 4.90 Å². The van der Waals surface area contributed by atoms with Gasteiger partial charge < -0.3 is 20.1 Å². The molecule has 8 nitrogen and oxygen atoms in total. The lowest BCUT2D eigenvalue weighted by molar-refractivity contribution is -0.151. The normalized spacial score (nSPS) is 27.7. The van der Waals surface area contributed by atoms with Crippen LogP contribution in [0.2, 0.25) is 0 Å². The third-order valence-corrected chi connectivity index (χ3v) is 4.93. The van der Waals surface area contributed by atoms with Gasteiger partial charge in [-0.2, -0.15) is 0 Å². The van der Waals surface area contributed by atoms with E-state index in [-0.39, 0.29) is 18.0 Å². The molecule has 26 heavy (non-hydrogen) atoms. The first kappa shape index (κ1) is 20.5. The maximum atomic E-state index is 13.1. The summed E-state index contributed by atoms with van der Waals surface area (Å²) in [5, 5.41) is 12.1. The van der Waals surface area contributed by atoms with Crippen LogP contribution in [0.3, 0.4) is 0 Å². The predicted octanol–water partition coefficient (Wildman–Crippen LogP) is 1.44. The van der Waals surface area contributed by atoms with Gasteiger partial charge in [0.1, 0.15) is 17.7 Å². The second-order valence-electron chi connectivity index (χ2n) is 8.41. The number of hydrogen-bond donors (Lipinski definition) is 2. The molecule has 2 N–H and O–H groups in total. The fourth-order valence-electron chi connectivity index (χ4n) is 3.67. The van der Waals surface area contributed by atoms with Gasteiger partial charge in [0, 0.05) is 25.2 Å². The average Bonchev–Trinajstić information content (AvgIpc) is 2.89. The van der Waals surface area contributed by atoms with E-state index in [1.807, 2.05) is 13.8 Å². The van der Waals surface area contributed by atoms with Crippen molar-refractivity contribution < 1.29 is 24.2 Å². The van der Waals surface area contributed by atoms with Crippen LogP contribution in [0.5, 0.6) is 0 Å². The number of carbonyl (C=O) groups is 3. The molecule has 0 unspecified atom stereocenters. The Kier molecular flexibility index (Phi) is 6.16. The Morgan fingerprint density at radius 3 is 2.42 bits per heavy atom. The molecule has 0 bridgehead atoms. The third-order valence-electron chi connectivity index (χ3n) is 4.93. The van der Waals surface area contributed by atoms with Gasteiger partial charge in [0.2, 0.25) is 5.91 Å². The number of nitrogens with zero attached hydrogens (tertiary/aromatic N) is 2. The molecule has 0 aromatic rings. The minimum atomic E-state index is -0.988. The largest absolute Gasteiger partial charge is 0.480 e. The minimum absolute atomic E-state index is 0.104. The summed E-state index contributed by atoms with van der Waals surface area (Å²) >= 11 is 0. The van der Waals surface area contributed by atoms with Crippen LogP contribution >= 0.6 is 0 Å². The fourth-order valence-corrected chi connectivity index (χ4v) is 3.67. The van der Waals surface area contributed by atoms with Crippen molar-refractivity contribution in [3.05, 3.63) is 0 Å². The maximum Gasteiger partial charge on any atom is 0.408 e. The second kappa shape index (κ2) is 7.82. The molecular formula is C18H31N3O5. The summed E-state index contributed by atoms with van der Waals surface area (Å²) < 4.78 is 5.29. The van der Waals surface area contributed by atoms with Gasteiger partial charge in [0.15, 0.2) is 0 Å². The number of carboxylic acids is 1. The van der Waals surface area contributed by atoms with Gasteiger partial charge in [0.05, 0.1) is 0 Å². The van der Waals surface area contributed by atoms with Crippen molar-refractivity contribution in [3.8, 4) is 0 Å². The highest BCUT2D eigenvalue weighted by atomic mass is 16.6. The monoisotopic (exact) mass is 369 g/mol. The van der Waals surface area contributed by atoms with E-state index in [4.69, 9.17) is 4.74 Å². The number of hydrogen-bond acceptors (Lipinski definition) is 5. The third kappa shape index (κ3) is 4.87. The summed E-state index contributed by atoms with van der Waals surface area (Å²) in [5.41, 5.74) is -0.674. The summed E-state index contributed by atoms with van der Waals surface area (Å²) in [5.74, 6) is -1.32. The lowest BCUT2D eigenvalue weighted by Gasteiger charge is -2.39. The first-order chi connectivity index (χ1) is 12.0. The van der Waals surface area contributed by atoms with Gasteiger partial charge in [-0.25, -0.2) is 9.59 Å². The molecule has 2 saturated heterocycles. The topological polar surface area (TPSA) is 99.2 Å². The Hall–Kier alpha value is -1.83. The smallest absolute Gasteiger partial charge is 0.408 e. The van der Waals surface area contributed by atoms with Crippen molar-refractivity contribution in [1.29, 1.82) is 0 Å². The van der Waals surface area contributed by atoms with E-state index in [0.29, 0.717) is 19.4 Å². The number of alkyl carbamates (subject to hydrolysis) is 1. The van der Waals surface area contributed by atoms with E-state index >= 15 is 0 Å². The summed E-state index contributed by atoms with van der Waals surface area (Å²) in [6.45, 7) is 10.4. The van der Waals surface area contributed by atoms with Crippen molar-refractivity contribution in [1.82, 2.24) is 15.1 Å². The number of rotatable bonds is 3. The van der Waals surface area contributed by atoms with Gasteiger partial charge in [-0.15, -0.1) is 0 Å². The van der Waals surface area contributed by atoms with Crippen molar-refractivity contribution in [2.75, 3.05) is 13.1 Å². The molecule has 0 aromatic carbocycles. The second-order valence-corrected chi connectivity index (χ2v) is 8.41. The van der Waals surface area contributed by atoms with Gasteiger partial charge in [-0.3, -0.25) is 9.69 Å². The lowest BCUT2D eigenvalue weighted by Crippen LogP contribution is -2.60. The Balaban J connectivity index is 2.23. The number of amides is 2. The van der Waals surface area contributed by atoms with Crippen molar-refractivity contribution >= 4 is 18.0 Å². The molecule has 2 fully saturated rings. The van der Waals surface area contributed by atoms with Crippen molar-refractivity contribution in [2.45, 2.75) is 83.6 Å². The SMILES string of the molecule is CC(C)N1CC[C@H]2CC[C@@H](C(=O)O)N2C(=O)[C@@H](NC(=O)OC(C)(C)C)C1. The average molecular weight is 369 g/mol. The molecule has 2 rings (SSSR count). The molecule has 3 atom stereocenters. The first-order valence-electron chi connectivity index (χ1n) is 9.28. The molecule has 0 radical (unpaired) electrons. The van der Waals surface area contributed by atoms with Crippen molar-refractivity contribution in [2.24, 2.45) is 0 Å². The van der Waals surface area contributed by atoms with E-state index < -0.39 is 29.7 Å². The molecule has 8 heteroatoms. The van der Waals surface area contributed by atoms with E-state index in [0.717, 1.165) is 13.0 Å². The van der Waals surface area contributed by atoms with Gasteiger partial charge >= 0.3 is 12.1 Å². The predicted molar refractivity (Wildman–Crippen MR) is 95.8 cm³/mol. The van der Waals surface area contributed by atoms with Crippen LogP contribution < -0.4 is 5.32 Å². The molecule has 0 aliphatic carbocycles. The zero-order chi connectivity index (χ0) is 19.6. The Morgan fingerprint density at radius 1 is 1.23 bits per heavy atom. The maximum absolute atomic E-state index is 13.1. The number of ether oxygens (including phenoxy) is 1. The number of fused-ring (bicyclic) bond motifs is 1. The van der Waals surface area contributed by atoms with Crippen LogP contribution in [0.25, 0.3) is 0 Å². The van der Waals surface area contributed by atoms with Crippen LogP contribution in [0, 0.1) is 0 Å². The lowest BCUT2D eigenvalue weighted by atomic mass is 10.1. The van der Waals surface area contributed by atoms with E-state index in [9.17, 15) is 19.5 Å². The molecule has 0 saturated carbocycles.